The average molecular weight is 625 g/mol. The maximum absolute atomic E-state index is 9.84. The number of carbonyl (C=O) groups is 1. The van der Waals surface area contributed by atoms with Crippen LogP contribution in [-0.2, 0) is 23.7 Å². The van der Waals surface area contributed by atoms with Gasteiger partial charge in [-0.2, -0.15) is 0 Å². The van der Waals surface area contributed by atoms with Crippen LogP contribution >= 0.6 is 0 Å². The Labute approximate surface area is 262 Å². The number of unbranched alkanes of at least 4 members (excludes halogenated alkanes) is 13. The highest BCUT2D eigenvalue weighted by molar-refractivity contribution is 5.48. The van der Waals surface area contributed by atoms with Gasteiger partial charge in [0.1, 0.15) is 24.6 Å². The van der Waals surface area contributed by atoms with Crippen LogP contribution < -0.4 is 0 Å². The molecule has 2 unspecified atom stereocenters. The molecule has 2 aliphatic rings. The van der Waals surface area contributed by atoms with Gasteiger partial charge in [0.15, 0.2) is 12.6 Å². The Morgan fingerprint density at radius 1 is 0.651 bits per heavy atom. The molecule has 0 aromatic carbocycles. The van der Waals surface area contributed by atoms with E-state index in [1.165, 1.54) is 89.9 Å². The van der Waals surface area contributed by atoms with Gasteiger partial charge >= 0.3 is 0 Å². The predicted octanol–water partition coefficient (Wildman–Crippen LogP) is 5.04. The number of hydrogen-bond acceptors (Lipinski definition) is 10. The summed E-state index contributed by atoms with van der Waals surface area (Å²) in [5.41, 5.74) is 0. The minimum atomic E-state index is -0.954. The van der Waals surface area contributed by atoms with E-state index in [2.05, 4.69) is 20.8 Å². The first-order chi connectivity index (χ1) is 20.9. The second kappa shape index (κ2) is 35.8. The van der Waals surface area contributed by atoms with Gasteiger partial charge in [-0.15, -0.1) is 0 Å². The highest BCUT2D eigenvalue weighted by Gasteiger charge is 2.24. The van der Waals surface area contributed by atoms with E-state index in [1.54, 1.807) is 0 Å². The first-order valence-corrected chi connectivity index (χ1v) is 17.0. The third-order valence-electron chi connectivity index (χ3n) is 6.90. The van der Waals surface area contributed by atoms with Crippen molar-refractivity contribution in [1.82, 2.24) is 0 Å². The van der Waals surface area contributed by atoms with E-state index in [1.807, 2.05) is 0 Å². The average Bonchev–Trinajstić information content (AvgIpc) is 3.50. The van der Waals surface area contributed by atoms with Crippen molar-refractivity contribution < 1.29 is 49.3 Å². The summed E-state index contributed by atoms with van der Waals surface area (Å²) >= 11 is 0. The van der Waals surface area contributed by atoms with Gasteiger partial charge in [-0.25, -0.2) is 0 Å². The lowest BCUT2D eigenvalue weighted by Gasteiger charge is -2.26. The summed E-state index contributed by atoms with van der Waals surface area (Å²) in [6, 6.07) is 0. The third-order valence-corrected chi connectivity index (χ3v) is 6.90. The van der Waals surface area contributed by atoms with Crippen LogP contribution in [0.5, 0.6) is 0 Å². The molecule has 2 fully saturated rings. The Morgan fingerprint density at radius 2 is 1.09 bits per heavy atom. The largest absolute Gasteiger partial charge is 0.394 e. The molecule has 2 aliphatic heterocycles. The summed E-state index contributed by atoms with van der Waals surface area (Å²) in [4.78, 5) is 9.84. The molecule has 2 rings (SSSR count). The number of aliphatic hydroxyl groups excluding tert-OH is 5. The molecule has 0 aliphatic carbocycles. The monoisotopic (exact) mass is 624 g/mol. The van der Waals surface area contributed by atoms with Crippen molar-refractivity contribution in [1.29, 1.82) is 0 Å². The first kappa shape index (κ1) is 44.4. The zero-order chi connectivity index (χ0) is 32.4. The number of carbonyl (C=O) groups excluding carboxylic acids is 1. The maximum Gasteiger partial charge on any atom is 0.158 e. The lowest BCUT2D eigenvalue weighted by Crippen LogP contribution is -2.35. The van der Waals surface area contributed by atoms with E-state index in [9.17, 15) is 4.79 Å². The SMILES string of the molecule is CCCCCCCC1OCC(CO)O1.CCCCCCCC1OCC(O)CO1.CCCCCCCC=O.OCC(O)CO. The van der Waals surface area contributed by atoms with Crippen molar-refractivity contribution in [2.24, 2.45) is 0 Å². The highest BCUT2D eigenvalue weighted by atomic mass is 16.7. The van der Waals surface area contributed by atoms with Gasteiger partial charge in [0.25, 0.3) is 0 Å². The number of aliphatic hydroxyl groups is 5. The first-order valence-electron chi connectivity index (χ1n) is 17.0. The van der Waals surface area contributed by atoms with E-state index in [-0.39, 0.29) is 38.5 Å². The minimum Gasteiger partial charge on any atom is -0.394 e. The summed E-state index contributed by atoms with van der Waals surface area (Å²) in [7, 11) is 0. The lowest BCUT2D eigenvalue weighted by atomic mass is 10.1. The maximum atomic E-state index is 9.84. The zero-order valence-electron chi connectivity index (χ0n) is 27.7. The molecule has 0 saturated carbocycles. The second-order valence-electron chi connectivity index (χ2n) is 11.2. The van der Waals surface area contributed by atoms with Crippen molar-refractivity contribution in [3.63, 3.8) is 0 Å². The number of ether oxygens (including phenoxy) is 4. The number of rotatable bonds is 21. The normalized spacial score (nSPS) is 21.2. The van der Waals surface area contributed by atoms with Gasteiger partial charge in [0.05, 0.1) is 39.6 Å². The summed E-state index contributed by atoms with van der Waals surface area (Å²) in [6.07, 6.45) is 21.0. The Bertz CT molecular complexity index is 516. The van der Waals surface area contributed by atoms with Crippen molar-refractivity contribution in [2.75, 3.05) is 39.6 Å². The Kier molecular flexibility index (Phi) is 37.0. The molecule has 0 bridgehead atoms. The molecule has 2 heterocycles. The molecule has 2 atom stereocenters. The second-order valence-corrected chi connectivity index (χ2v) is 11.2. The summed E-state index contributed by atoms with van der Waals surface area (Å²) in [5, 5.41) is 42.0. The molecule has 10 heteroatoms. The summed E-state index contributed by atoms with van der Waals surface area (Å²) < 4.78 is 21.5. The van der Waals surface area contributed by atoms with Crippen molar-refractivity contribution >= 4 is 6.29 Å². The van der Waals surface area contributed by atoms with Crippen LogP contribution in [0.3, 0.4) is 0 Å². The van der Waals surface area contributed by atoms with Crippen LogP contribution in [0.2, 0.25) is 0 Å². The molecule has 0 radical (unpaired) electrons. The Morgan fingerprint density at radius 3 is 1.49 bits per heavy atom. The van der Waals surface area contributed by atoms with Crippen LogP contribution in [0.25, 0.3) is 0 Å². The van der Waals surface area contributed by atoms with Gasteiger partial charge in [-0.05, 0) is 32.1 Å². The molecule has 0 aromatic rings. The van der Waals surface area contributed by atoms with Gasteiger partial charge in [-0.3, -0.25) is 0 Å². The van der Waals surface area contributed by atoms with E-state index in [4.69, 9.17) is 44.5 Å². The minimum absolute atomic E-state index is 0.0613. The smallest absolute Gasteiger partial charge is 0.158 e. The molecular formula is C33H68O10. The van der Waals surface area contributed by atoms with Gasteiger partial charge in [0.2, 0.25) is 0 Å². The molecule has 0 aromatic heterocycles. The number of hydrogen-bond donors (Lipinski definition) is 5. The van der Waals surface area contributed by atoms with Crippen LogP contribution in [0, 0.1) is 0 Å². The van der Waals surface area contributed by atoms with Crippen molar-refractivity contribution in [3.05, 3.63) is 0 Å². The molecule has 2 saturated heterocycles. The quantitative estimate of drug-likeness (QED) is 0.0866. The number of aldehydes is 1. The summed E-state index contributed by atoms with van der Waals surface area (Å²) in [5.74, 6) is 0. The summed E-state index contributed by atoms with van der Waals surface area (Å²) in [6.45, 7) is 7.39. The fourth-order valence-electron chi connectivity index (χ4n) is 4.17. The Hall–Kier alpha value is -0.690. The van der Waals surface area contributed by atoms with Gasteiger partial charge in [-0.1, -0.05) is 97.8 Å². The van der Waals surface area contributed by atoms with E-state index < -0.39 is 12.2 Å². The van der Waals surface area contributed by atoms with Crippen molar-refractivity contribution in [3.8, 4) is 0 Å². The predicted molar refractivity (Wildman–Crippen MR) is 170 cm³/mol. The van der Waals surface area contributed by atoms with Crippen molar-refractivity contribution in [2.45, 2.75) is 167 Å². The van der Waals surface area contributed by atoms with Crippen LogP contribution in [0.4, 0.5) is 0 Å². The standard InChI is InChI=1S/2C11H22O3.C8H16O.C3H8O3/c1-2-3-4-5-6-7-11-13-8-10(12)9-14-11;1-2-3-4-5-6-7-11-13-9-10(8-12)14-11;1-2-3-4-5-6-7-8-9;4-1-3(6)2-5/h2*10-12H,2-9H2,1H3;8H,2-7H2,1H3;3-6H,1-2H2. The molecular weight excluding hydrogens is 556 g/mol. The van der Waals surface area contributed by atoms with Crippen LogP contribution in [0.15, 0.2) is 0 Å². The van der Waals surface area contributed by atoms with E-state index in [0.29, 0.717) is 19.8 Å². The fraction of sp³-hybridized carbons (Fsp3) is 0.970. The molecule has 5 N–H and O–H groups in total. The third kappa shape index (κ3) is 32.5. The molecule has 43 heavy (non-hydrogen) atoms. The molecule has 0 amide bonds. The molecule has 260 valence electrons. The van der Waals surface area contributed by atoms with Crippen LogP contribution in [0.1, 0.15) is 136 Å². The van der Waals surface area contributed by atoms with E-state index in [0.717, 1.165) is 32.0 Å². The Balaban J connectivity index is 0. The highest BCUT2D eigenvalue weighted by Crippen LogP contribution is 2.17. The lowest BCUT2D eigenvalue weighted by molar-refractivity contribution is -0.218. The topological polar surface area (TPSA) is 155 Å². The van der Waals surface area contributed by atoms with E-state index >= 15 is 0 Å². The molecule has 0 spiro atoms. The van der Waals surface area contributed by atoms with Gasteiger partial charge < -0.3 is 49.3 Å². The fourth-order valence-corrected chi connectivity index (χ4v) is 4.17. The molecule has 10 nitrogen and oxygen atoms in total. The zero-order valence-corrected chi connectivity index (χ0v) is 27.7. The van der Waals surface area contributed by atoms with Crippen LogP contribution in [-0.4, -0.2) is 102 Å². The van der Waals surface area contributed by atoms with Gasteiger partial charge in [0, 0.05) is 6.42 Å².